The van der Waals surface area contributed by atoms with Crippen LogP contribution in [0, 0.1) is 5.82 Å². The highest BCUT2D eigenvalue weighted by Gasteiger charge is 2.11. The van der Waals surface area contributed by atoms with Crippen molar-refractivity contribution in [2.24, 2.45) is 0 Å². The maximum absolute atomic E-state index is 14.0. The summed E-state index contributed by atoms with van der Waals surface area (Å²) in [5.41, 5.74) is 0.381. The predicted octanol–water partition coefficient (Wildman–Crippen LogP) is 4.77. The van der Waals surface area contributed by atoms with E-state index in [1.54, 1.807) is 12.1 Å². The summed E-state index contributed by atoms with van der Waals surface area (Å²) >= 11 is 4.77. The van der Waals surface area contributed by atoms with Gasteiger partial charge in [-0.2, -0.15) is 4.98 Å². The molecule has 0 aliphatic carbocycles. The molecule has 7 heteroatoms. The lowest BCUT2D eigenvalue weighted by molar-refractivity contribution is 0.631. The quantitative estimate of drug-likeness (QED) is 0.698. The number of fused-ring (bicyclic) bond motifs is 1. The lowest BCUT2D eigenvalue weighted by Gasteiger charge is -2.10. The Labute approximate surface area is 133 Å². The summed E-state index contributed by atoms with van der Waals surface area (Å²) in [6.07, 6.45) is 0. The van der Waals surface area contributed by atoms with Gasteiger partial charge in [0.05, 0.1) is 11.1 Å². The first-order valence-electron chi connectivity index (χ1n) is 6.38. The highest BCUT2D eigenvalue weighted by atomic mass is 79.9. The first-order valence-corrected chi connectivity index (χ1v) is 8.06. The molecule has 4 nitrogen and oxygen atoms in total. The maximum atomic E-state index is 14.0. The van der Waals surface area contributed by atoms with Crippen LogP contribution in [0.25, 0.3) is 10.2 Å². The molecule has 0 fully saturated rings. The SMILES string of the molecule is CCNc1nc(Nc2ccc(Br)cc2F)c2ccsc2n1. The Kier molecular flexibility index (Phi) is 4.03. The molecule has 0 saturated carbocycles. The van der Waals surface area contributed by atoms with Crippen molar-refractivity contribution in [3.8, 4) is 0 Å². The van der Waals surface area contributed by atoms with Crippen molar-refractivity contribution in [2.45, 2.75) is 6.92 Å². The van der Waals surface area contributed by atoms with Gasteiger partial charge in [0.2, 0.25) is 5.95 Å². The smallest absolute Gasteiger partial charge is 0.226 e. The molecule has 2 aromatic heterocycles. The molecule has 0 aliphatic heterocycles. The van der Waals surface area contributed by atoms with Gasteiger partial charge in [-0.15, -0.1) is 11.3 Å². The number of halogens is 2. The molecule has 3 rings (SSSR count). The van der Waals surface area contributed by atoms with Gasteiger partial charge in [-0.1, -0.05) is 15.9 Å². The van der Waals surface area contributed by atoms with E-state index in [-0.39, 0.29) is 5.82 Å². The molecule has 0 atom stereocenters. The van der Waals surface area contributed by atoms with Gasteiger partial charge in [-0.25, -0.2) is 9.37 Å². The highest BCUT2D eigenvalue weighted by molar-refractivity contribution is 9.10. The summed E-state index contributed by atoms with van der Waals surface area (Å²) in [6.45, 7) is 2.70. The Bertz CT molecular complexity index is 790. The topological polar surface area (TPSA) is 49.8 Å². The number of hydrogen-bond acceptors (Lipinski definition) is 5. The molecule has 2 heterocycles. The van der Waals surface area contributed by atoms with Gasteiger partial charge in [0, 0.05) is 11.0 Å². The molecule has 108 valence electrons. The monoisotopic (exact) mass is 366 g/mol. The molecule has 0 saturated heterocycles. The molecule has 2 N–H and O–H groups in total. The van der Waals surface area contributed by atoms with Crippen LogP contribution in [0.5, 0.6) is 0 Å². The molecule has 0 bridgehead atoms. The Balaban J connectivity index is 2.04. The first-order chi connectivity index (χ1) is 10.2. The van der Waals surface area contributed by atoms with Crippen molar-refractivity contribution in [1.82, 2.24) is 9.97 Å². The zero-order valence-corrected chi connectivity index (χ0v) is 13.6. The molecule has 0 unspecified atom stereocenters. The summed E-state index contributed by atoms with van der Waals surface area (Å²) in [4.78, 5) is 9.70. The van der Waals surface area contributed by atoms with E-state index in [1.807, 2.05) is 18.4 Å². The fourth-order valence-corrected chi connectivity index (χ4v) is 3.00. The third-order valence-corrected chi connectivity index (χ3v) is 4.14. The molecular weight excluding hydrogens is 355 g/mol. The van der Waals surface area contributed by atoms with Gasteiger partial charge in [-0.3, -0.25) is 0 Å². The van der Waals surface area contributed by atoms with Crippen molar-refractivity contribution >= 4 is 54.9 Å². The van der Waals surface area contributed by atoms with Crippen molar-refractivity contribution in [1.29, 1.82) is 0 Å². The van der Waals surface area contributed by atoms with Crippen LogP contribution < -0.4 is 10.6 Å². The van der Waals surface area contributed by atoms with Crippen LogP contribution in [0.15, 0.2) is 34.1 Å². The highest BCUT2D eigenvalue weighted by Crippen LogP contribution is 2.30. The van der Waals surface area contributed by atoms with Crippen molar-refractivity contribution in [2.75, 3.05) is 17.2 Å². The minimum atomic E-state index is -0.337. The van der Waals surface area contributed by atoms with E-state index < -0.39 is 0 Å². The normalized spacial score (nSPS) is 10.8. The number of benzene rings is 1. The number of nitrogens with one attached hydrogen (secondary N) is 2. The first kappa shape index (κ1) is 14.2. The molecule has 0 radical (unpaired) electrons. The zero-order valence-electron chi connectivity index (χ0n) is 11.2. The van der Waals surface area contributed by atoms with Crippen LogP contribution >= 0.6 is 27.3 Å². The summed E-state index contributed by atoms with van der Waals surface area (Å²) in [5.74, 6) is 0.794. The van der Waals surface area contributed by atoms with E-state index in [2.05, 4.69) is 36.5 Å². The number of aromatic nitrogens is 2. The minimum absolute atomic E-state index is 0.337. The van der Waals surface area contributed by atoms with E-state index in [4.69, 9.17) is 0 Å². The molecule has 0 amide bonds. The summed E-state index contributed by atoms with van der Waals surface area (Å²) < 4.78 is 14.7. The van der Waals surface area contributed by atoms with Crippen LogP contribution in [0.2, 0.25) is 0 Å². The number of rotatable bonds is 4. The van der Waals surface area contributed by atoms with E-state index in [9.17, 15) is 4.39 Å². The average molecular weight is 367 g/mol. The number of thiophene rings is 1. The lowest BCUT2D eigenvalue weighted by Crippen LogP contribution is -2.05. The van der Waals surface area contributed by atoms with E-state index in [0.717, 1.165) is 16.8 Å². The fourth-order valence-electron chi connectivity index (χ4n) is 1.91. The van der Waals surface area contributed by atoms with Crippen LogP contribution in [0.3, 0.4) is 0 Å². The van der Waals surface area contributed by atoms with E-state index in [0.29, 0.717) is 21.9 Å². The van der Waals surface area contributed by atoms with E-state index in [1.165, 1.54) is 17.4 Å². The molecule has 1 aromatic carbocycles. The third-order valence-electron chi connectivity index (χ3n) is 2.84. The maximum Gasteiger partial charge on any atom is 0.226 e. The zero-order chi connectivity index (χ0) is 14.8. The Morgan fingerprint density at radius 2 is 2.14 bits per heavy atom. The van der Waals surface area contributed by atoms with Gasteiger partial charge in [0.1, 0.15) is 16.5 Å². The third kappa shape index (κ3) is 2.98. The van der Waals surface area contributed by atoms with Crippen LogP contribution in [0.4, 0.5) is 21.8 Å². The Hall–Kier alpha value is -1.73. The van der Waals surface area contributed by atoms with Crippen LogP contribution in [0.1, 0.15) is 6.92 Å². The van der Waals surface area contributed by atoms with E-state index >= 15 is 0 Å². The fraction of sp³-hybridized carbons (Fsp3) is 0.143. The summed E-state index contributed by atoms with van der Waals surface area (Å²) in [5, 5.41) is 8.95. The van der Waals surface area contributed by atoms with Gasteiger partial charge >= 0.3 is 0 Å². The molecule has 3 aromatic rings. The molecule has 0 aliphatic rings. The van der Waals surface area contributed by atoms with Crippen molar-refractivity contribution in [3.63, 3.8) is 0 Å². The van der Waals surface area contributed by atoms with Gasteiger partial charge in [-0.05, 0) is 36.6 Å². The molecule has 0 spiro atoms. The number of anilines is 3. The molecular formula is C14H12BrFN4S. The largest absolute Gasteiger partial charge is 0.354 e. The van der Waals surface area contributed by atoms with Gasteiger partial charge in [0.25, 0.3) is 0 Å². The second-order valence-electron chi connectivity index (χ2n) is 4.31. The lowest BCUT2D eigenvalue weighted by atomic mass is 10.3. The summed E-state index contributed by atoms with van der Waals surface area (Å²) in [7, 11) is 0. The summed E-state index contributed by atoms with van der Waals surface area (Å²) in [6, 6.07) is 6.80. The minimum Gasteiger partial charge on any atom is -0.354 e. The van der Waals surface area contributed by atoms with Gasteiger partial charge < -0.3 is 10.6 Å². The number of hydrogen-bond donors (Lipinski definition) is 2. The number of nitrogens with zero attached hydrogens (tertiary/aromatic N) is 2. The van der Waals surface area contributed by atoms with Gasteiger partial charge in [0.15, 0.2) is 0 Å². The standard InChI is InChI=1S/C14H12BrFN4S/c1-2-17-14-19-12(9-5-6-21-13(9)20-14)18-11-4-3-8(15)7-10(11)16/h3-7H,2H2,1H3,(H2,17,18,19,20). The van der Waals surface area contributed by atoms with Crippen LogP contribution in [-0.4, -0.2) is 16.5 Å². The Morgan fingerprint density at radius 3 is 2.90 bits per heavy atom. The second-order valence-corrected chi connectivity index (χ2v) is 6.12. The van der Waals surface area contributed by atoms with Crippen molar-refractivity contribution < 1.29 is 4.39 Å². The average Bonchev–Trinajstić information content (AvgIpc) is 2.91. The molecule has 21 heavy (non-hydrogen) atoms. The second kappa shape index (κ2) is 5.95. The van der Waals surface area contributed by atoms with Crippen molar-refractivity contribution in [3.05, 3.63) is 39.9 Å². The Morgan fingerprint density at radius 1 is 1.29 bits per heavy atom. The predicted molar refractivity (Wildman–Crippen MR) is 89.0 cm³/mol. The van der Waals surface area contributed by atoms with Crippen LogP contribution in [-0.2, 0) is 0 Å².